The molecule has 68 valence electrons. The van der Waals surface area contributed by atoms with Crippen molar-refractivity contribution in [3.05, 3.63) is 0 Å². The molecule has 0 aromatic carbocycles. The Kier molecular flexibility index (Phi) is 4.74. The molecule has 1 aliphatic heterocycles. The first kappa shape index (κ1) is 11.0. The minimum absolute atomic E-state index is 0.409. The Morgan fingerprint density at radius 3 is 2.09 bits per heavy atom. The Bertz CT molecular complexity index is 87.0. The van der Waals surface area contributed by atoms with Crippen molar-refractivity contribution in [3.63, 3.8) is 0 Å². The van der Waals surface area contributed by atoms with Crippen molar-refractivity contribution in [1.29, 1.82) is 0 Å². The van der Waals surface area contributed by atoms with Crippen LogP contribution >= 0.6 is 0 Å². The molecule has 0 aromatic rings. The lowest BCUT2D eigenvalue weighted by molar-refractivity contribution is 0.253. The van der Waals surface area contributed by atoms with Gasteiger partial charge < -0.3 is 5.32 Å². The molecule has 0 aliphatic carbocycles. The molecule has 1 aliphatic rings. The molecular weight excluding hydrogens is 134 g/mol. The van der Waals surface area contributed by atoms with E-state index in [2.05, 4.69) is 26.1 Å². The van der Waals surface area contributed by atoms with E-state index in [-0.39, 0.29) is 0 Å². The quantitative estimate of drug-likeness (QED) is 0.570. The number of piperidine rings is 1. The first-order valence-corrected chi connectivity index (χ1v) is 4.85. The second-order valence-electron chi connectivity index (χ2n) is 3.91. The molecule has 0 radical (unpaired) electrons. The van der Waals surface area contributed by atoms with Crippen LogP contribution in [0.5, 0.6) is 0 Å². The Morgan fingerprint density at radius 1 is 1.27 bits per heavy atom. The normalized spacial score (nSPS) is 28.6. The fourth-order valence-electron chi connectivity index (χ4n) is 1.25. The lowest BCUT2D eigenvalue weighted by Crippen LogP contribution is -2.45. The third kappa shape index (κ3) is 4.41. The van der Waals surface area contributed by atoms with E-state index in [1.807, 2.05) is 13.8 Å². The first-order valence-electron chi connectivity index (χ1n) is 4.85. The van der Waals surface area contributed by atoms with E-state index < -0.39 is 0 Å². The van der Waals surface area contributed by atoms with Gasteiger partial charge >= 0.3 is 0 Å². The molecule has 1 nitrogen and oxygen atoms in total. The SMILES string of the molecule is CC.CC1CCC(C)(C)NC1. The Balaban J connectivity index is 0.000000461. The lowest BCUT2D eigenvalue weighted by Gasteiger charge is -2.34. The predicted octanol–water partition coefficient (Wildman–Crippen LogP) is 2.81. The summed E-state index contributed by atoms with van der Waals surface area (Å²) in [7, 11) is 0. The second-order valence-corrected chi connectivity index (χ2v) is 3.91. The standard InChI is InChI=1S/C8H17N.C2H6/c1-7-4-5-8(2,3)9-6-7;1-2/h7,9H,4-6H2,1-3H3;1-2H3. The molecule has 1 heteroatoms. The zero-order valence-corrected chi connectivity index (χ0v) is 8.70. The zero-order valence-electron chi connectivity index (χ0n) is 8.70. The van der Waals surface area contributed by atoms with Gasteiger partial charge in [0.2, 0.25) is 0 Å². The van der Waals surface area contributed by atoms with Gasteiger partial charge in [0.05, 0.1) is 0 Å². The van der Waals surface area contributed by atoms with Gasteiger partial charge in [-0.15, -0.1) is 0 Å². The highest BCUT2D eigenvalue weighted by molar-refractivity contribution is 4.83. The van der Waals surface area contributed by atoms with Gasteiger partial charge in [-0.25, -0.2) is 0 Å². The Morgan fingerprint density at radius 2 is 1.82 bits per heavy atom. The van der Waals surface area contributed by atoms with Crippen LogP contribution in [-0.4, -0.2) is 12.1 Å². The van der Waals surface area contributed by atoms with Crippen molar-refractivity contribution in [3.8, 4) is 0 Å². The van der Waals surface area contributed by atoms with E-state index in [1.165, 1.54) is 19.4 Å². The molecule has 0 aromatic heterocycles. The van der Waals surface area contributed by atoms with E-state index >= 15 is 0 Å². The maximum Gasteiger partial charge on any atom is 0.0125 e. The summed E-state index contributed by atoms with van der Waals surface area (Å²) in [5.74, 6) is 0.887. The smallest absolute Gasteiger partial charge is 0.0125 e. The van der Waals surface area contributed by atoms with Gasteiger partial charge in [0.1, 0.15) is 0 Å². The van der Waals surface area contributed by atoms with Crippen molar-refractivity contribution in [2.45, 2.75) is 53.0 Å². The Hall–Kier alpha value is -0.0400. The highest BCUT2D eigenvalue weighted by atomic mass is 15.0. The maximum absolute atomic E-state index is 3.51. The van der Waals surface area contributed by atoms with E-state index in [0.29, 0.717) is 5.54 Å². The number of rotatable bonds is 0. The van der Waals surface area contributed by atoms with Crippen LogP contribution in [0.1, 0.15) is 47.5 Å². The molecule has 0 spiro atoms. The van der Waals surface area contributed by atoms with Crippen molar-refractivity contribution >= 4 is 0 Å². The molecule has 1 rings (SSSR count). The van der Waals surface area contributed by atoms with Gasteiger partial charge in [-0.3, -0.25) is 0 Å². The molecular formula is C10H23N. The van der Waals surface area contributed by atoms with E-state index in [1.54, 1.807) is 0 Å². The minimum atomic E-state index is 0.409. The summed E-state index contributed by atoms with van der Waals surface area (Å²) in [6, 6.07) is 0. The van der Waals surface area contributed by atoms with Crippen LogP contribution in [0.25, 0.3) is 0 Å². The fourth-order valence-corrected chi connectivity index (χ4v) is 1.25. The third-order valence-electron chi connectivity index (χ3n) is 2.19. The van der Waals surface area contributed by atoms with Gasteiger partial charge in [-0.05, 0) is 39.2 Å². The van der Waals surface area contributed by atoms with Gasteiger partial charge in [-0.1, -0.05) is 20.8 Å². The van der Waals surface area contributed by atoms with Crippen molar-refractivity contribution in [2.24, 2.45) is 5.92 Å². The summed E-state index contributed by atoms with van der Waals surface area (Å²) < 4.78 is 0. The topological polar surface area (TPSA) is 12.0 Å². The van der Waals surface area contributed by atoms with Crippen molar-refractivity contribution in [2.75, 3.05) is 6.54 Å². The minimum Gasteiger partial charge on any atom is -0.312 e. The monoisotopic (exact) mass is 157 g/mol. The predicted molar refractivity (Wildman–Crippen MR) is 51.8 cm³/mol. The number of hydrogen-bond donors (Lipinski definition) is 1. The summed E-state index contributed by atoms with van der Waals surface area (Å²) >= 11 is 0. The zero-order chi connectivity index (χ0) is 8.91. The van der Waals surface area contributed by atoms with Gasteiger partial charge in [-0.2, -0.15) is 0 Å². The van der Waals surface area contributed by atoms with Crippen LogP contribution < -0.4 is 5.32 Å². The highest BCUT2D eigenvalue weighted by Crippen LogP contribution is 2.20. The van der Waals surface area contributed by atoms with Crippen LogP contribution in [0.3, 0.4) is 0 Å². The molecule has 1 saturated heterocycles. The lowest BCUT2D eigenvalue weighted by atomic mass is 9.88. The summed E-state index contributed by atoms with van der Waals surface area (Å²) in [6.07, 6.45) is 2.72. The molecule has 1 heterocycles. The molecule has 1 unspecified atom stereocenters. The Labute approximate surface area is 71.6 Å². The fraction of sp³-hybridized carbons (Fsp3) is 1.00. The summed E-state index contributed by atoms with van der Waals surface area (Å²) in [5.41, 5.74) is 0.409. The summed E-state index contributed by atoms with van der Waals surface area (Å²) in [4.78, 5) is 0. The van der Waals surface area contributed by atoms with E-state index in [9.17, 15) is 0 Å². The summed E-state index contributed by atoms with van der Waals surface area (Å²) in [6.45, 7) is 12.1. The second kappa shape index (κ2) is 4.76. The highest BCUT2D eigenvalue weighted by Gasteiger charge is 2.22. The molecule has 0 amide bonds. The van der Waals surface area contributed by atoms with Crippen molar-refractivity contribution < 1.29 is 0 Å². The number of hydrogen-bond acceptors (Lipinski definition) is 1. The van der Waals surface area contributed by atoms with E-state index in [4.69, 9.17) is 0 Å². The summed E-state index contributed by atoms with van der Waals surface area (Å²) in [5, 5.41) is 3.51. The van der Waals surface area contributed by atoms with Crippen LogP contribution in [0, 0.1) is 5.92 Å². The van der Waals surface area contributed by atoms with Crippen LogP contribution in [0.2, 0.25) is 0 Å². The molecule has 1 fully saturated rings. The van der Waals surface area contributed by atoms with E-state index in [0.717, 1.165) is 5.92 Å². The van der Waals surface area contributed by atoms with Gasteiger partial charge in [0, 0.05) is 5.54 Å². The largest absolute Gasteiger partial charge is 0.312 e. The molecule has 11 heavy (non-hydrogen) atoms. The van der Waals surface area contributed by atoms with Crippen LogP contribution in [-0.2, 0) is 0 Å². The van der Waals surface area contributed by atoms with Gasteiger partial charge in [0.15, 0.2) is 0 Å². The molecule has 0 saturated carbocycles. The average molecular weight is 157 g/mol. The molecule has 1 atom stereocenters. The third-order valence-corrected chi connectivity index (χ3v) is 2.19. The van der Waals surface area contributed by atoms with Crippen LogP contribution in [0.15, 0.2) is 0 Å². The molecule has 1 N–H and O–H groups in total. The van der Waals surface area contributed by atoms with Crippen molar-refractivity contribution in [1.82, 2.24) is 5.32 Å². The van der Waals surface area contributed by atoms with Crippen LogP contribution in [0.4, 0.5) is 0 Å². The number of nitrogens with one attached hydrogen (secondary N) is 1. The first-order chi connectivity index (χ1) is 5.10. The molecule has 0 bridgehead atoms. The van der Waals surface area contributed by atoms with Gasteiger partial charge in [0.25, 0.3) is 0 Å². The maximum atomic E-state index is 3.51. The average Bonchev–Trinajstić information content (AvgIpc) is 2.00.